The molecule has 2 N–H and O–H groups in total. The molecule has 0 atom stereocenters. The van der Waals surface area contributed by atoms with E-state index in [0.29, 0.717) is 36.9 Å². The number of hydrogen-bond donors (Lipinski definition) is 2. The van der Waals surface area contributed by atoms with Gasteiger partial charge in [-0.15, -0.1) is 0 Å². The zero-order chi connectivity index (χ0) is 17.2. The van der Waals surface area contributed by atoms with Crippen molar-refractivity contribution in [2.24, 2.45) is 0 Å². The fourth-order valence-electron chi connectivity index (χ4n) is 3.24. The molecule has 0 bridgehead atoms. The quantitative estimate of drug-likeness (QED) is 0.892. The fourth-order valence-corrected chi connectivity index (χ4v) is 3.24. The molecule has 130 valence electrons. The zero-order valence-electron chi connectivity index (χ0n) is 14.1. The highest BCUT2D eigenvalue weighted by Gasteiger charge is 2.27. The molecule has 2 aliphatic heterocycles. The van der Waals surface area contributed by atoms with Crippen LogP contribution in [0.2, 0.25) is 0 Å². The number of rotatable bonds is 4. The van der Waals surface area contributed by atoms with Crippen molar-refractivity contribution < 1.29 is 19.0 Å². The molecule has 0 aromatic heterocycles. The molecule has 0 spiro atoms. The SMILES string of the molecule is CCOc1ccccc1NC(=O)Nc1c2c(cc3c1OCC3)OCC2. The number of carbonyl (C=O) groups excluding carboxylic acids is 1. The van der Waals surface area contributed by atoms with Gasteiger partial charge in [0, 0.05) is 24.0 Å². The predicted octanol–water partition coefficient (Wildman–Crippen LogP) is 3.60. The molecule has 2 aromatic rings. The maximum atomic E-state index is 12.6. The smallest absolute Gasteiger partial charge is 0.323 e. The summed E-state index contributed by atoms with van der Waals surface area (Å²) in [6.07, 6.45) is 1.59. The standard InChI is InChI=1S/C19H20N2O4/c1-2-23-15-6-4-3-5-14(15)20-19(22)21-17-13-8-10-24-16(13)11-12-7-9-25-18(12)17/h3-6,11H,2,7-10H2,1H3,(H2,20,21,22). The molecule has 2 amide bonds. The number of amides is 2. The highest BCUT2D eigenvalue weighted by atomic mass is 16.5. The van der Waals surface area contributed by atoms with Crippen LogP contribution in [-0.2, 0) is 12.8 Å². The third-order valence-electron chi connectivity index (χ3n) is 4.32. The van der Waals surface area contributed by atoms with Crippen LogP contribution in [0.5, 0.6) is 17.2 Å². The number of para-hydroxylation sites is 2. The van der Waals surface area contributed by atoms with E-state index in [0.717, 1.165) is 35.5 Å². The predicted molar refractivity (Wildman–Crippen MR) is 95.1 cm³/mol. The van der Waals surface area contributed by atoms with Gasteiger partial charge in [0.25, 0.3) is 0 Å². The van der Waals surface area contributed by atoms with E-state index in [1.165, 1.54) is 0 Å². The van der Waals surface area contributed by atoms with Crippen molar-refractivity contribution in [1.29, 1.82) is 0 Å². The number of anilines is 2. The van der Waals surface area contributed by atoms with E-state index >= 15 is 0 Å². The molecule has 2 heterocycles. The molecule has 0 aliphatic carbocycles. The van der Waals surface area contributed by atoms with Crippen molar-refractivity contribution in [2.75, 3.05) is 30.5 Å². The van der Waals surface area contributed by atoms with Crippen LogP contribution < -0.4 is 24.8 Å². The van der Waals surface area contributed by atoms with Gasteiger partial charge in [-0.25, -0.2) is 4.79 Å². The largest absolute Gasteiger partial charge is 0.493 e. The summed E-state index contributed by atoms with van der Waals surface area (Å²) in [6, 6.07) is 9.06. The van der Waals surface area contributed by atoms with E-state index in [1.807, 2.05) is 37.3 Å². The van der Waals surface area contributed by atoms with E-state index in [4.69, 9.17) is 14.2 Å². The summed E-state index contributed by atoms with van der Waals surface area (Å²) in [4.78, 5) is 12.6. The molecule has 2 aromatic carbocycles. The Labute approximate surface area is 146 Å². The summed E-state index contributed by atoms with van der Waals surface area (Å²) in [5, 5.41) is 5.80. The summed E-state index contributed by atoms with van der Waals surface area (Å²) < 4.78 is 17.0. The summed E-state index contributed by atoms with van der Waals surface area (Å²) in [5.41, 5.74) is 3.41. The average Bonchev–Trinajstić information content (AvgIpc) is 3.25. The van der Waals surface area contributed by atoms with E-state index in [-0.39, 0.29) is 6.03 Å². The molecule has 0 saturated heterocycles. The van der Waals surface area contributed by atoms with Crippen LogP contribution >= 0.6 is 0 Å². The lowest BCUT2D eigenvalue weighted by Gasteiger charge is -2.16. The molecule has 6 heteroatoms. The summed E-state index contributed by atoms with van der Waals surface area (Å²) in [6.45, 7) is 3.69. The van der Waals surface area contributed by atoms with Crippen molar-refractivity contribution >= 4 is 17.4 Å². The molecule has 4 rings (SSSR count). The highest BCUT2D eigenvalue weighted by molar-refractivity contribution is 6.02. The summed E-state index contributed by atoms with van der Waals surface area (Å²) in [5.74, 6) is 2.25. The summed E-state index contributed by atoms with van der Waals surface area (Å²) in [7, 11) is 0. The van der Waals surface area contributed by atoms with Crippen molar-refractivity contribution in [3.05, 3.63) is 41.5 Å². The van der Waals surface area contributed by atoms with E-state index in [1.54, 1.807) is 0 Å². The number of benzene rings is 2. The molecular weight excluding hydrogens is 320 g/mol. The van der Waals surface area contributed by atoms with Crippen LogP contribution in [0, 0.1) is 0 Å². The minimum absolute atomic E-state index is 0.329. The topological polar surface area (TPSA) is 68.8 Å². The monoisotopic (exact) mass is 340 g/mol. The first-order chi connectivity index (χ1) is 12.3. The Hall–Kier alpha value is -2.89. The number of hydrogen-bond acceptors (Lipinski definition) is 4. The van der Waals surface area contributed by atoms with Gasteiger partial charge in [-0.3, -0.25) is 0 Å². The number of fused-ring (bicyclic) bond motifs is 2. The first-order valence-corrected chi connectivity index (χ1v) is 8.50. The van der Waals surface area contributed by atoms with Gasteiger partial charge in [-0.05, 0) is 25.1 Å². The van der Waals surface area contributed by atoms with Crippen molar-refractivity contribution in [2.45, 2.75) is 19.8 Å². The Morgan fingerprint density at radius 2 is 2.00 bits per heavy atom. The van der Waals surface area contributed by atoms with Crippen molar-refractivity contribution in [1.82, 2.24) is 0 Å². The molecule has 0 saturated carbocycles. The van der Waals surface area contributed by atoms with E-state index < -0.39 is 0 Å². The summed E-state index contributed by atoms with van der Waals surface area (Å²) >= 11 is 0. The van der Waals surface area contributed by atoms with Crippen LogP contribution in [0.25, 0.3) is 0 Å². The minimum Gasteiger partial charge on any atom is -0.493 e. The highest BCUT2D eigenvalue weighted by Crippen LogP contribution is 2.44. The number of nitrogens with one attached hydrogen (secondary N) is 2. The lowest BCUT2D eigenvalue weighted by atomic mass is 10.0. The molecule has 6 nitrogen and oxygen atoms in total. The maximum Gasteiger partial charge on any atom is 0.323 e. The van der Waals surface area contributed by atoms with Crippen LogP contribution in [0.4, 0.5) is 16.2 Å². The molecule has 25 heavy (non-hydrogen) atoms. The first kappa shape index (κ1) is 15.6. The van der Waals surface area contributed by atoms with Gasteiger partial charge in [0.05, 0.1) is 31.2 Å². The zero-order valence-corrected chi connectivity index (χ0v) is 14.1. The van der Waals surface area contributed by atoms with Crippen LogP contribution in [0.1, 0.15) is 18.1 Å². The molecule has 0 radical (unpaired) electrons. The number of ether oxygens (including phenoxy) is 3. The number of carbonyl (C=O) groups is 1. The van der Waals surface area contributed by atoms with Crippen LogP contribution in [0.3, 0.4) is 0 Å². The second-order valence-corrected chi connectivity index (χ2v) is 5.92. The van der Waals surface area contributed by atoms with Crippen LogP contribution in [0.15, 0.2) is 30.3 Å². The van der Waals surface area contributed by atoms with E-state index in [9.17, 15) is 4.79 Å². The Bertz CT molecular complexity index is 787. The van der Waals surface area contributed by atoms with Gasteiger partial charge < -0.3 is 24.8 Å². The normalized spacial score (nSPS) is 14.1. The van der Waals surface area contributed by atoms with Gasteiger partial charge in [0.2, 0.25) is 0 Å². The second-order valence-electron chi connectivity index (χ2n) is 5.92. The molecule has 0 unspecified atom stereocenters. The molecule has 0 fully saturated rings. The van der Waals surface area contributed by atoms with Gasteiger partial charge in [-0.1, -0.05) is 12.1 Å². The third-order valence-corrected chi connectivity index (χ3v) is 4.32. The minimum atomic E-state index is -0.329. The first-order valence-electron chi connectivity index (χ1n) is 8.50. The molecule has 2 aliphatic rings. The van der Waals surface area contributed by atoms with Gasteiger partial charge in [0.15, 0.2) is 0 Å². The Kier molecular flexibility index (Phi) is 4.09. The lowest BCUT2D eigenvalue weighted by Crippen LogP contribution is -2.21. The Morgan fingerprint density at radius 3 is 2.88 bits per heavy atom. The number of urea groups is 1. The van der Waals surface area contributed by atoms with Gasteiger partial charge in [-0.2, -0.15) is 0 Å². The average molecular weight is 340 g/mol. The van der Waals surface area contributed by atoms with Crippen molar-refractivity contribution in [3.8, 4) is 17.2 Å². The fraction of sp³-hybridized carbons (Fsp3) is 0.316. The van der Waals surface area contributed by atoms with Gasteiger partial charge in [0.1, 0.15) is 17.2 Å². The van der Waals surface area contributed by atoms with Gasteiger partial charge >= 0.3 is 6.03 Å². The Morgan fingerprint density at radius 1 is 1.16 bits per heavy atom. The lowest BCUT2D eigenvalue weighted by molar-refractivity contribution is 0.261. The van der Waals surface area contributed by atoms with E-state index in [2.05, 4.69) is 10.6 Å². The maximum absolute atomic E-state index is 12.6. The Balaban J connectivity index is 1.58. The molecular formula is C19H20N2O4. The third kappa shape index (κ3) is 2.95. The van der Waals surface area contributed by atoms with Crippen molar-refractivity contribution in [3.63, 3.8) is 0 Å². The second kappa shape index (κ2) is 6.55. The van der Waals surface area contributed by atoms with Crippen LogP contribution in [-0.4, -0.2) is 25.9 Å².